The Kier molecular flexibility index (Phi) is 10.6. The molecule has 4 aromatic carbocycles. The van der Waals surface area contributed by atoms with E-state index in [1.54, 1.807) is 4.90 Å². The van der Waals surface area contributed by atoms with Crippen molar-refractivity contribution in [1.29, 1.82) is 0 Å². The first-order valence-corrected chi connectivity index (χ1v) is 17.3. The van der Waals surface area contributed by atoms with Crippen molar-refractivity contribution in [2.24, 2.45) is 23.0 Å². The van der Waals surface area contributed by atoms with E-state index in [4.69, 9.17) is 5.73 Å². The average Bonchev–Trinajstić information content (AvgIpc) is 3.07. The lowest BCUT2D eigenvalue weighted by atomic mass is 9.65. The fraction of sp³-hybridized carbons (Fsp3) is 0.381. The van der Waals surface area contributed by atoms with Gasteiger partial charge in [0.15, 0.2) is 0 Å². The predicted molar refractivity (Wildman–Crippen MR) is 191 cm³/mol. The molecule has 0 unspecified atom stereocenters. The highest BCUT2D eigenvalue weighted by Crippen LogP contribution is 2.50. The molecule has 1 aliphatic carbocycles. The van der Waals surface area contributed by atoms with Gasteiger partial charge in [0.25, 0.3) is 0 Å². The van der Waals surface area contributed by atoms with Gasteiger partial charge in [0, 0.05) is 0 Å². The standard InChI is InChI=1S/C42H50N2O4/c1-30(2)28-36(41(47,32-18-9-5-10-19-32)33-20-11-6-12-21-33)44(39(46)40(38(43)45)26-17-27-40)37(29-31(3)4)42(48,34-22-13-7-14-23-34)35-24-15-8-16-25-35/h5-16,18-25,30-31,36-37,47-48H,17,26-29H2,1-4H3,(H2,43,45)/t36-,37-/m1/s1. The van der Waals surface area contributed by atoms with Crippen LogP contribution >= 0.6 is 0 Å². The van der Waals surface area contributed by atoms with E-state index in [-0.39, 0.29) is 11.8 Å². The van der Waals surface area contributed by atoms with Crippen LogP contribution in [0.4, 0.5) is 0 Å². The Morgan fingerprint density at radius 3 is 1.12 bits per heavy atom. The largest absolute Gasteiger partial charge is 0.378 e. The number of rotatable bonds is 14. The molecule has 4 N–H and O–H groups in total. The maximum absolute atomic E-state index is 15.6. The number of hydrogen-bond donors (Lipinski definition) is 3. The molecule has 5 rings (SSSR count). The summed E-state index contributed by atoms with van der Waals surface area (Å²) in [6.07, 6.45) is 2.11. The second kappa shape index (κ2) is 14.5. The molecule has 0 aromatic heterocycles. The van der Waals surface area contributed by atoms with Crippen LogP contribution in [0, 0.1) is 17.3 Å². The molecule has 6 nitrogen and oxygen atoms in total. The van der Waals surface area contributed by atoms with Crippen molar-refractivity contribution < 1.29 is 19.8 Å². The first-order valence-electron chi connectivity index (χ1n) is 17.3. The molecule has 0 saturated heterocycles. The molecule has 48 heavy (non-hydrogen) atoms. The summed E-state index contributed by atoms with van der Waals surface area (Å²) in [5.41, 5.74) is 3.73. The number of benzene rings is 4. The molecule has 4 aromatic rings. The van der Waals surface area contributed by atoms with Gasteiger partial charge in [-0.1, -0.05) is 155 Å². The quantitative estimate of drug-likeness (QED) is 0.126. The molecule has 2 atom stereocenters. The summed E-state index contributed by atoms with van der Waals surface area (Å²) in [6, 6.07) is 35.9. The number of nitrogens with zero attached hydrogens (tertiary/aromatic N) is 1. The van der Waals surface area contributed by atoms with Crippen LogP contribution in [0.1, 0.15) is 82.1 Å². The monoisotopic (exact) mass is 646 g/mol. The molecule has 6 heteroatoms. The number of amides is 2. The van der Waals surface area contributed by atoms with Gasteiger partial charge in [0.2, 0.25) is 11.8 Å². The van der Waals surface area contributed by atoms with E-state index >= 15 is 4.79 Å². The summed E-state index contributed by atoms with van der Waals surface area (Å²) in [5.74, 6) is -1.05. The van der Waals surface area contributed by atoms with Crippen LogP contribution in [-0.2, 0) is 20.8 Å². The molecule has 0 aliphatic heterocycles. The van der Waals surface area contributed by atoms with Crippen molar-refractivity contribution >= 4 is 11.8 Å². The SMILES string of the molecule is CC(C)C[C@@H](N(C(=O)C1(C(N)=O)CCC1)[C@H](CC(C)C)C(O)(c1ccccc1)c1ccccc1)C(O)(c1ccccc1)c1ccccc1. The van der Waals surface area contributed by atoms with Crippen LogP contribution in [-0.4, -0.2) is 39.0 Å². The summed E-state index contributed by atoms with van der Waals surface area (Å²) in [4.78, 5) is 30.6. The van der Waals surface area contributed by atoms with Crippen LogP contribution in [0.15, 0.2) is 121 Å². The molecular weight excluding hydrogens is 596 g/mol. The van der Waals surface area contributed by atoms with Gasteiger partial charge < -0.3 is 20.8 Å². The van der Waals surface area contributed by atoms with Gasteiger partial charge in [0.1, 0.15) is 16.6 Å². The summed E-state index contributed by atoms with van der Waals surface area (Å²) >= 11 is 0. The number of aliphatic hydroxyl groups is 2. The highest BCUT2D eigenvalue weighted by atomic mass is 16.3. The topological polar surface area (TPSA) is 104 Å². The van der Waals surface area contributed by atoms with Crippen molar-refractivity contribution in [3.8, 4) is 0 Å². The predicted octanol–water partition coefficient (Wildman–Crippen LogP) is 7.17. The van der Waals surface area contributed by atoms with Gasteiger partial charge in [-0.05, 0) is 59.8 Å². The molecule has 0 spiro atoms. The molecule has 0 heterocycles. The average molecular weight is 647 g/mol. The Morgan fingerprint density at radius 1 is 0.625 bits per heavy atom. The highest BCUT2D eigenvalue weighted by molar-refractivity contribution is 6.05. The fourth-order valence-electron chi connectivity index (χ4n) is 7.58. The third-order valence-electron chi connectivity index (χ3n) is 10.2. The Balaban J connectivity index is 1.90. The van der Waals surface area contributed by atoms with Gasteiger partial charge in [-0.2, -0.15) is 0 Å². The third-order valence-corrected chi connectivity index (χ3v) is 10.2. The number of carbonyl (C=O) groups is 2. The number of hydrogen-bond acceptors (Lipinski definition) is 4. The van der Waals surface area contributed by atoms with Gasteiger partial charge in [-0.15, -0.1) is 0 Å². The van der Waals surface area contributed by atoms with Crippen molar-refractivity contribution in [3.63, 3.8) is 0 Å². The molecule has 1 saturated carbocycles. The summed E-state index contributed by atoms with van der Waals surface area (Å²) < 4.78 is 0. The van der Waals surface area contributed by atoms with Crippen LogP contribution in [0.2, 0.25) is 0 Å². The van der Waals surface area contributed by atoms with Crippen molar-refractivity contribution in [2.45, 2.75) is 83.1 Å². The van der Waals surface area contributed by atoms with Crippen molar-refractivity contribution in [3.05, 3.63) is 144 Å². The number of nitrogens with two attached hydrogens (primary N) is 1. The minimum Gasteiger partial charge on any atom is -0.378 e. The zero-order chi connectivity index (χ0) is 34.5. The highest BCUT2D eigenvalue weighted by Gasteiger charge is 2.59. The Hall–Kier alpha value is -4.26. The lowest BCUT2D eigenvalue weighted by molar-refractivity contribution is -0.174. The van der Waals surface area contributed by atoms with E-state index in [1.165, 1.54) is 0 Å². The lowest BCUT2D eigenvalue weighted by Gasteiger charge is -2.55. The zero-order valence-electron chi connectivity index (χ0n) is 28.6. The summed E-state index contributed by atoms with van der Waals surface area (Å²) in [7, 11) is 0. The maximum Gasteiger partial charge on any atom is 0.239 e. The third kappa shape index (κ3) is 6.44. The summed E-state index contributed by atoms with van der Waals surface area (Å²) in [5, 5.41) is 27.0. The molecule has 1 aliphatic rings. The molecule has 252 valence electrons. The Morgan fingerprint density at radius 2 is 0.917 bits per heavy atom. The smallest absolute Gasteiger partial charge is 0.239 e. The van der Waals surface area contributed by atoms with Gasteiger partial charge in [-0.3, -0.25) is 9.59 Å². The van der Waals surface area contributed by atoms with Gasteiger partial charge >= 0.3 is 0 Å². The number of primary amides is 1. The van der Waals surface area contributed by atoms with Crippen LogP contribution in [0.25, 0.3) is 0 Å². The Bertz CT molecular complexity index is 1450. The van der Waals surface area contributed by atoms with Crippen LogP contribution in [0.5, 0.6) is 0 Å². The molecule has 0 radical (unpaired) electrons. The van der Waals surface area contributed by atoms with Crippen LogP contribution in [0.3, 0.4) is 0 Å². The van der Waals surface area contributed by atoms with E-state index < -0.39 is 40.5 Å². The van der Waals surface area contributed by atoms with Gasteiger partial charge in [0.05, 0.1) is 12.1 Å². The van der Waals surface area contributed by atoms with E-state index in [2.05, 4.69) is 27.7 Å². The molecule has 1 fully saturated rings. The Labute approximate surface area is 285 Å². The first-order chi connectivity index (χ1) is 23.0. The van der Waals surface area contributed by atoms with E-state index in [0.717, 1.165) is 0 Å². The van der Waals surface area contributed by atoms with Crippen molar-refractivity contribution in [1.82, 2.24) is 4.90 Å². The first kappa shape index (κ1) is 35.1. The van der Waals surface area contributed by atoms with Crippen molar-refractivity contribution in [2.75, 3.05) is 0 Å². The second-order valence-corrected chi connectivity index (χ2v) is 14.3. The number of carbonyl (C=O) groups excluding carboxylic acids is 2. The second-order valence-electron chi connectivity index (χ2n) is 14.3. The van der Waals surface area contributed by atoms with E-state index in [0.29, 0.717) is 54.4 Å². The van der Waals surface area contributed by atoms with Crippen LogP contribution < -0.4 is 5.73 Å². The minimum absolute atomic E-state index is 0.0245. The summed E-state index contributed by atoms with van der Waals surface area (Å²) in [6.45, 7) is 8.27. The van der Waals surface area contributed by atoms with E-state index in [1.807, 2.05) is 121 Å². The molecular formula is C42H50N2O4. The lowest BCUT2D eigenvalue weighted by Crippen LogP contribution is -2.67. The fourth-order valence-corrected chi connectivity index (χ4v) is 7.58. The maximum atomic E-state index is 15.6. The minimum atomic E-state index is -1.71. The molecule has 0 bridgehead atoms. The molecule has 2 amide bonds. The zero-order valence-corrected chi connectivity index (χ0v) is 28.6. The normalized spacial score (nSPS) is 15.8. The van der Waals surface area contributed by atoms with Gasteiger partial charge in [-0.25, -0.2) is 0 Å². The van der Waals surface area contributed by atoms with E-state index in [9.17, 15) is 15.0 Å².